The minimum atomic E-state index is 0.209. The van der Waals surface area contributed by atoms with Crippen molar-refractivity contribution in [3.05, 3.63) is 144 Å². The second-order valence-electron chi connectivity index (χ2n) is 7.52. The van der Waals surface area contributed by atoms with Crippen LogP contribution in [0.2, 0.25) is 0 Å². The summed E-state index contributed by atoms with van der Waals surface area (Å²) in [4.78, 5) is 0. The van der Waals surface area contributed by atoms with Crippen LogP contribution in [-0.4, -0.2) is 5.66 Å². The molecular weight excluding hydrogens is 379 g/mol. The Bertz CT molecular complexity index is 1110. The average molecular weight is 402 g/mol. The van der Waals surface area contributed by atoms with Gasteiger partial charge in [-0.15, -0.1) is 9.24 Å². The van der Waals surface area contributed by atoms with Crippen LogP contribution < -0.4 is 0 Å². The summed E-state index contributed by atoms with van der Waals surface area (Å²) in [5.41, 5.74) is 10.7. The van der Waals surface area contributed by atoms with Gasteiger partial charge in [-0.1, -0.05) is 121 Å². The van der Waals surface area contributed by atoms with Gasteiger partial charge in [-0.05, 0) is 44.5 Å². The first-order chi connectivity index (χ1) is 14.8. The molecule has 1 heteroatoms. The smallest absolute Gasteiger partial charge is 0.0258 e. The minimum absolute atomic E-state index is 0.209. The third-order valence-corrected chi connectivity index (χ3v) is 6.37. The van der Waals surface area contributed by atoms with Crippen LogP contribution in [0.4, 0.5) is 0 Å². The van der Waals surface area contributed by atoms with Gasteiger partial charge in [0.2, 0.25) is 0 Å². The molecule has 1 unspecified atom stereocenters. The molecule has 0 fully saturated rings. The normalized spacial score (nSPS) is 14.4. The van der Waals surface area contributed by atoms with Crippen molar-refractivity contribution in [1.82, 2.24) is 0 Å². The zero-order chi connectivity index (χ0) is 20.3. The fourth-order valence-corrected chi connectivity index (χ4v) is 5.14. The van der Waals surface area contributed by atoms with E-state index in [-0.39, 0.29) is 5.66 Å². The van der Waals surface area contributed by atoms with Gasteiger partial charge in [0.1, 0.15) is 0 Å². The lowest BCUT2D eigenvalue weighted by atomic mass is 9.89. The molecule has 0 heterocycles. The minimum Gasteiger partial charge on any atom is -0.125 e. The van der Waals surface area contributed by atoms with E-state index in [1.165, 1.54) is 44.5 Å². The Morgan fingerprint density at radius 3 is 0.933 bits per heavy atom. The van der Waals surface area contributed by atoms with Crippen LogP contribution in [0.3, 0.4) is 0 Å². The molecule has 0 saturated heterocycles. The van der Waals surface area contributed by atoms with Gasteiger partial charge in [0.25, 0.3) is 0 Å². The van der Waals surface area contributed by atoms with Gasteiger partial charge in [0, 0.05) is 5.66 Å². The van der Waals surface area contributed by atoms with Crippen LogP contribution in [0.25, 0.3) is 22.3 Å². The van der Waals surface area contributed by atoms with Crippen molar-refractivity contribution in [3.8, 4) is 0 Å². The first-order valence-electron chi connectivity index (χ1n) is 10.3. The summed E-state index contributed by atoms with van der Waals surface area (Å²) >= 11 is 0. The molecule has 4 aromatic carbocycles. The fourth-order valence-electron chi connectivity index (χ4n) is 4.42. The zero-order valence-electron chi connectivity index (χ0n) is 16.7. The third-order valence-electron chi connectivity index (χ3n) is 5.71. The van der Waals surface area contributed by atoms with Crippen LogP contribution in [0.5, 0.6) is 0 Å². The molecule has 0 radical (unpaired) electrons. The summed E-state index contributed by atoms with van der Waals surface area (Å²) in [6, 6.07) is 43.2. The molecule has 4 aromatic rings. The molecular formula is C29H23P. The predicted octanol–water partition coefficient (Wildman–Crippen LogP) is 7.47. The van der Waals surface area contributed by atoms with E-state index in [4.69, 9.17) is 0 Å². The SMILES string of the molecule is PC1C(c2ccccc2)=C(c2ccccc2)C(c2ccccc2)=C1c1ccccc1. The summed E-state index contributed by atoms with van der Waals surface area (Å²) in [7, 11) is 3.13. The molecule has 0 nitrogen and oxygen atoms in total. The molecule has 0 aromatic heterocycles. The lowest BCUT2D eigenvalue weighted by Crippen LogP contribution is -2.02. The maximum absolute atomic E-state index is 3.13. The topological polar surface area (TPSA) is 0 Å². The van der Waals surface area contributed by atoms with Crippen molar-refractivity contribution in [3.63, 3.8) is 0 Å². The molecule has 0 amide bonds. The molecule has 0 saturated carbocycles. The van der Waals surface area contributed by atoms with E-state index in [0.29, 0.717) is 0 Å². The number of hydrogen-bond donors (Lipinski definition) is 0. The zero-order valence-corrected chi connectivity index (χ0v) is 17.9. The Balaban J connectivity index is 1.86. The number of rotatable bonds is 4. The van der Waals surface area contributed by atoms with Gasteiger partial charge >= 0.3 is 0 Å². The van der Waals surface area contributed by atoms with Crippen molar-refractivity contribution < 1.29 is 0 Å². The molecule has 144 valence electrons. The lowest BCUT2D eigenvalue weighted by molar-refractivity contribution is 1.44. The van der Waals surface area contributed by atoms with Crippen molar-refractivity contribution in [2.24, 2.45) is 0 Å². The maximum Gasteiger partial charge on any atom is 0.0258 e. The summed E-state index contributed by atoms with van der Waals surface area (Å²) in [6.45, 7) is 0. The standard InChI is InChI=1S/C29H23P/c30-29-27(23-17-9-3-10-18-23)25(21-13-5-1-6-14-21)26(22-15-7-2-8-16-22)28(29)24-19-11-4-12-20-24/h1-20,29H,30H2. The van der Waals surface area contributed by atoms with Gasteiger partial charge in [-0.2, -0.15) is 0 Å². The summed E-state index contributed by atoms with van der Waals surface area (Å²) in [6.07, 6.45) is 0. The van der Waals surface area contributed by atoms with E-state index in [0.717, 1.165) is 0 Å². The largest absolute Gasteiger partial charge is 0.125 e. The van der Waals surface area contributed by atoms with E-state index in [1.807, 2.05) is 0 Å². The first kappa shape index (κ1) is 18.8. The lowest BCUT2D eigenvalue weighted by Gasteiger charge is -2.16. The highest BCUT2D eigenvalue weighted by molar-refractivity contribution is 7.20. The van der Waals surface area contributed by atoms with Crippen molar-refractivity contribution in [1.29, 1.82) is 0 Å². The Morgan fingerprint density at radius 2 is 0.633 bits per heavy atom. The molecule has 0 aliphatic heterocycles. The van der Waals surface area contributed by atoms with E-state index in [1.54, 1.807) is 0 Å². The molecule has 1 atom stereocenters. The van der Waals surface area contributed by atoms with Gasteiger partial charge in [-0.3, -0.25) is 0 Å². The Kier molecular flexibility index (Phi) is 5.18. The van der Waals surface area contributed by atoms with Crippen molar-refractivity contribution >= 4 is 31.5 Å². The molecule has 1 aliphatic carbocycles. The Morgan fingerprint density at radius 1 is 0.367 bits per heavy atom. The molecule has 30 heavy (non-hydrogen) atoms. The van der Waals surface area contributed by atoms with Gasteiger partial charge in [0.15, 0.2) is 0 Å². The van der Waals surface area contributed by atoms with Crippen molar-refractivity contribution in [2.75, 3.05) is 0 Å². The van der Waals surface area contributed by atoms with E-state index in [9.17, 15) is 0 Å². The molecule has 0 bridgehead atoms. The second kappa shape index (κ2) is 8.27. The monoisotopic (exact) mass is 402 g/mol. The van der Waals surface area contributed by atoms with E-state index in [2.05, 4.69) is 131 Å². The van der Waals surface area contributed by atoms with Crippen LogP contribution in [-0.2, 0) is 0 Å². The van der Waals surface area contributed by atoms with Crippen LogP contribution >= 0.6 is 9.24 Å². The van der Waals surface area contributed by atoms with Gasteiger partial charge < -0.3 is 0 Å². The average Bonchev–Trinajstić information content (AvgIpc) is 3.14. The second-order valence-corrected chi connectivity index (χ2v) is 8.19. The molecule has 0 N–H and O–H groups in total. The summed E-state index contributed by atoms with van der Waals surface area (Å²) in [5.74, 6) is 0. The molecule has 5 rings (SSSR count). The van der Waals surface area contributed by atoms with E-state index >= 15 is 0 Å². The van der Waals surface area contributed by atoms with Crippen molar-refractivity contribution in [2.45, 2.75) is 5.66 Å². The number of allylic oxidation sites excluding steroid dienone is 4. The molecule has 1 aliphatic rings. The first-order valence-corrected chi connectivity index (χ1v) is 11.0. The highest BCUT2D eigenvalue weighted by Gasteiger charge is 2.33. The predicted molar refractivity (Wildman–Crippen MR) is 133 cm³/mol. The quantitative estimate of drug-likeness (QED) is 0.311. The number of benzene rings is 4. The highest BCUT2D eigenvalue weighted by atomic mass is 31.0. The van der Waals surface area contributed by atoms with Crippen LogP contribution in [0, 0.1) is 0 Å². The van der Waals surface area contributed by atoms with Gasteiger partial charge in [0.05, 0.1) is 0 Å². The summed E-state index contributed by atoms with van der Waals surface area (Å²) < 4.78 is 0. The fraction of sp³-hybridized carbons (Fsp3) is 0.0345. The molecule has 0 spiro atoms. The highest BCUT2D eigenvalue weighted by Crippen LogP contribution is 2.54. The Hall–Kier alpha value is -3.21. The summed E-state index contributed by atoms with van der Waals surface area (Å²) in [5, 5.41) is 0. The van der Waals surface area contributed by atoms with Crippen LogP contribution in [0.1, 0.15) is 22.3 Å². The van der Waals surface area contributed by atoms with E-state index < -0.39 is 0 Å². The van der Waals surface area contributed by atoms with Gasteiger partial charge in [-0.25, -0.2) is 0 Å². The maximum atomic E-state index is 3.13. The van der Waals surface area contributed by atoms with Crippen LogP contribution in [0.15, 0.2) is 121 Å². The number of hydrogen-bond acceptors (Lipinski definition) is 0. The Labute approximate surface area is 180 Å². The third kappa shape index (κ3) is 3.34.